The van der Waals surface area contributed by atoms with E-state index in [4.69, 9.17) is 0 Å². The molecule has 2 rings (SSSR count). The van der Waals surface area contributed by atoms with Crippen LogP contribution in [0.2, 0.25) is 0 Å². The molecule has 1 aliphatic rings. The monoisotopic (exact) mass is 265 g/mol. The first kappa shape index (κ1) is 14.1. The molecule has 18 heavy (non-hydrogen) atoms. The summed E-state index contributed by atoms with van der Waals surface area (Å²) in [6, 6.07) is 2.34. The van der Waals surface area contributed by atoms with Crippen LogP contribution in [0.3, 0.4) is 0 Å². The molecule has 1 heterocycles. The molecule has 2 atom stereocenters. The van der Waals surface area contributed by atoms with Gasteiger partial charge in [-0.3, -0.25) is 0 Å². The summed E-state index contributed by atoms with van der Waals surface area (Å²) in [7, 11) is 0. The van der Waals surface area contributed by atoms with Crippen LogP contribution >= 0.6 is 11.3 Å². The van der Waals surface area contributed by atoms with Gasteiger partial charge in [0.25, 0.3) is 0 Å². The van der Waals surface area contributed by atoms with Crippen molar-refractivity contribution in [2.24, 2.45) is 5.92 Å². The van der Waals surface area contributed by atoms with Gasteiger partial charge in [-0.25, -0.2) is 0 Å². The fourth-order valence-electron chi connectivity index (χ4n) is 2.99. The first-order chi connectivity index (χ1) is 8.56. The molecule has 1 N–H and O–H groups in total. The molecule has 1 saturated carbocycles. The van der Waals surface area contributed by atoms with Crippen LogP contribution in [0.25, 0.3) is 0 Å². The van der Waals surface area contributed by atoms with Crippen molar-refractivity contribution in [1.82, 2.24) is 5.32 Å². The van der Waals surface area contributed by atoms with Gasteiger partial charge in [0.15, 0.2) is 0 Å². The van der Waals surface area contributed by atoms with Gasteiger partial charge in [0, 0.05) is 5.54 Å². The van der Waals surface area contributed by atoms with Crippen molar-refractivity contribution in [3.63, 3.8) is 0 Å². The molecule has 1 aliphatic carbocycles. The molecule has 0 bridgehead atoms. The Morgan fingerprint density at radius 1 is 1.22 bits per heavy atom. The third kappa shape index (κ3) is 4.10. The molecule has 1 aromatic heterocycles. The van der Waals surface area contributed by atoms with Crippen LogP contribution < -0.4 is 5.32 Å². The average molecular weight is 265 g/mol. The molecule has 2 heteroatoms. The van der Waals surface area contributed by atoms with Crippen LogP contribution in [-0.4, -0.2) is 12.1 Å². The Labute approximate surface area is 116 Å². The van der Waals surface area contributed by atoms with Gasteiger partial charge in [0.1, 0.15) is 0 Å². The van der Waals surface area contributed by atoms with Gasteiger partial charge in [-0.1, -0.05) is 19.3 Å². The van der Waals surface area contributed by atoms with E-state index in [1.54, 1.807) is 5.56 Å². The molecule has 1 nitrogen and oxygen atoms in total. The maximum absolute atomic E-state index is 3.71. The zero-order chi connectivity index (χ0) is 13.0. The summed E-state index contributed by atoms with van der Waals surface area (Å²) in [6.07, 6.45) is 7.02. The second-order valence-electron chi connectivity index (χ2n) is 6.69. The lowest BCUT2D eigenvalue weighted by atomic mass is 9.83. The molecular weight excluding hydrogens is 238 g/mol. The summed E-state index contributed by atoms with van der Waals surface area (Å²) in [6.45, 7) is 7.97. The lowest BCUT2D eigenvalue weighted by molar-refractivity contribution is 0.322. The fraction of sp³-hybridized carbons (Fsp3) is 0.750. The number of hydrogen-bond acceptors (Lipinski definition) is 2. The van der Waals surface area contributed by atoms with Gasteiger partial charge in [-0.15, -0.1) is 0 Å². The Hall–Kier alpha value is -0.340. The van der Waals surface area contributed by atoms with Crippen LogP contribution in [0, 0.1) is 5.92 Å². The van der Waals surface area contributed by atoms with Crippen LogP contribution in [0.5, 0.6) is 0 Å². The summed E-state index contributed by atoms with van der Waals surface area (Å²) in [4.78, 5) is 0. The summed E-state index contributed by atoms with van der Waals surface area (Å²) in [5, 5.41) is 8.31. The maximum atomic E-state index is 3.71. The van der Waals surface area contributed by atoms with E-state index in [1.807, 2.05) is 11.3 Å². The van der Waals surface area contributed by atoms with E-state index >= 15 is 0 Å². The number of thiophene rings is 1. The van der Waals surface area contributed by atoms with Crippen LogP contribution in [-0.2, 0) is 0 Å². The van der Waals surface area contributed by atoms with E-state index in [2.05, 4.69) is 42.9 Å². The Kier molecular flexibility index (Phi) is 4.85. The van der Waals surface area contributed by atoms with Crippen LogP contribution in [0.1, 0.15) is 64.4 Å². The van der Waals surface area contributed by atoms with E-state index in [0.29, 0.717) is 0 Å². The third-order valence-corrected chi connectivity index (χ3v) is 4.73. The summed E-state index contributed by atoms with van der Waals surface area (Å²) >= 11 is 1.85. The molecular formula is C16H27NS. The van der Waals surface area contributed by atoms with Gasteiger partial charge in [0.2, 0.25) is 0 Å². The minimum atomic E-state index is 0.242. The Bertz CT molecular complexity index is 336. The van der Waals surface area contributed by atoms with Crippen molar-refractivity contribution >= 4 is 11.3 Å². The third-order valence-electron chi connectivity index (χ3n) is 4.02. The minimum absolute atomic E-state index is 0.242. The summed E-state index contributed by atoms with van der Waals surface area (Å²) in [5.74, 6) is 1.61. The highest BCUT2D eigenvalue weighted by atomic mass is 32.1. The van der Waals surface area contributed by atoms with E-state index in [9.17, 15) is 0 Å². The van der Waals surface area contributed by atoms with E-state index < -0.39 is 0 Å². The molecule has 1 aromatic rings. The average Bonchev–Trinajstić information content (AvgIpc) is 2.71. The number of hydrogen-bond donors (Lipinski definition) is 1. The molecule has 0 amide bonds. The summed E-state index contributed by atoms with van der Waals surface area (Å²) < 4.78 is 0. The predicted molar refractivity (Wildman–Crippen MR) is 81.4 cm³/mol. The van der Waals surface area contributed by atoms with Crippen LogP contribution in [0.4, 0.5) is 0 Å². The van der Waals surface area contributed by atoms with Gasteiger partial charge < -0.3 is 5.32 Å². The first-order valence-electron chi connectivity index (χ1n) is 7.33. The first-order valence-corrected chi connectivity index (χ1v) is 8.28. The predicted octanol–water partition coefficient (Wildman–Crippen LogP) is 4.80. The molecule has 0 aromatic carbocycles. The maximum Gasteiger partial charge on any atom is 0.00966 e. The molecule has 0 radical (unpaired) electrons. The molecule has 0 aliphatic heterocycles. The normalized spacial score (nSPS) is 25.9. The molecule has 1 fully saturated rings. The van der Waals surface area contributed by atoms with Gasteiger partial charge in [-0.05, 0) is 74.4 Å². The summed E-state index contributed by atoms with van der Waals surface area (Å²) in [5.41, 5.74) is 1.83. The van der Waals surface area contributed by atoms with Crippen molar-refractivity contribution < 1.29 is 0 Å². The van der Waals surface area contributed by atoms with Crippen molar-refractivity contribution in [2.45, 2.75) is 64.3 Å². The van der Waals surface area contributed by atoms with Crippen LogP contribution in [0.15, 0.2) is 16.8 Å². The topological polar surface area (TPSA) is 12.0 Å². The van der Waals surface area contributed by atoms with Gasteiger partial charge in [0.05, 0.1) is 0 Å². The highest BCUT2D eigenvalue weighted by Gasteiger charge is 2.26. The second kappa shape index (κ2) is 6.21. The lowest BCUT2D eigenvalue weighted by Gasteiger charge is -2.29. The Morgan fingerprint density at radius 2 is 2.00 bits per heavy atom. The van der Waals surface area contributed by atoms with Crippen molar-refractivity contribution in [3.05, 3.63) is 22.4 Å². The zero-order valence-corrected chi connectivity index (χ0v) is 12.9. The molecule has 0 spiro atoms. The molecule has 102 valence electrons. The standard InChI is InChI=1S/C16H27NS/c1-16(2,3)17-11-13-7-5-4-6-8-15(13)14-9-10-18-12-14/h9-10,12-13,15,17H,4-8,11H2,1-3H3. The smallest absolute Gasteiger partial charge is 0.00966 e. The zero-order valence-electron chi connectivity index (χ0n) is 12.0. The minimum Gasteiger partial charge on any atom is -0.312 e. The largest absolute Gasteiger partial charge is 0.312 e. The Morgan fingerprint density at radius 3 is 2.67 bits per heavy atom. The van der Waals surface area contributed by atoms with E-state index in [-0.39, 0.29) is 5.54 Å². The van der Waals surface area contributed by atoms with Gasteiger partial charge >= 0.3 is 0 Å². The SMILES string of the molecule is CC(C)(C)NCC1CCCCCC1c1ccsc1. The van der Waals surface area contributed by atoms with Crippen molar-refractivity contribution in [2.75, 3.05) is 6.54 Å². The number of nitrogens with one attached hydrogen (secondary N) is 1. The highest BCUT2D eigenvalue weighted by molar-refractivity contribution is 7.07. The molecule has 2 unspecified atom stereocenters. The number of rotatable bonds is 3. The quantitative estimate of drug-likeness (QED) is 0.774. The highest BCUT2D eigenvalue weighted by Crippen LogP contribution is 2.37. The second-order valence-corrected chi connectivity index (χ2v) is 7.47. The molecule has 0 saturated heterocycles. The Balaban J connectivity index is 2.03. The van der Waals surface area contributed by atoms with E-state index in [0.717, 1.165) is 11.8 Å². The van der Waals surface area contributed by atoms with Crippen molar-refractivity contribution in [3.8, 4) is 0 Å². The fourth-order valence-corrected chi connectivity index (χ4v) is 3.72. The lowest BCUT2D eigenvalue weighted by Crippen LogP contribution is -2.40. The van der Waals surface area contributed by atoms with Crippen molar-refractivity contribution in [1.29, 1.82) is 0 Å². The van der Waals surface area contributed by atoms with Gasteiger partial charge in [-0.2, -0.15) is 11.3 Å². The van der Waals surface area contributed by atoms with E-state index in [1.165, 1.54) is 38.6 Å².